The number of nitrogens with zero attached hydrogens (tertiary/aromatic N) is 1. The lowest BCUT2D eigenvalue weighted by Crippen LogP contribution is -2.24. The molecule has 0 saturated carbocycles. The fraction of sp³-hybridized carbons (Fsp3) is 0.238. The molecule has 0 bridgehead atoms. The average molecular weight is 420 g/mol. The highest BCUT2D eigenvalue weighted by atomic mass is 19.4. The number of halogens is 3. The van der Waals surface area contributed by atoms with Crippen molar-refractivity contribution >= 4 is 5.91 Å². The zero-order valence-electron chi connectivity index (χ0n) is 16.2. The normalized spacial score (nSPS) is 11.2. The highest BCUT2D eigenvalue weighted by Gasteiger charge is 2.28. The lowest BCUT2D eigenvalue weighted by atomic mass is 10.2. The molecule has 30 heavy (non-hydrogen) atoms. The van der Waals surface area contributed by atoms with Crippen LogP contribution in [0.25, 0.3) is 11.5 Å². The third-order valence-corrected chi connectivity index (χ3v) is 4.10. The third kappa shape index (κ3) is 5.53. The summed E-state index contributed by atoms with van der Waals surface area (Å²) >= 11 is 0. The van der Waals surface area contributed by atoms with Crippen LogP contribution in [-0.2, 0) is 6.54 Å². The summed E-state index contributed by atoms with van der Waals surface area (Å²) in [6.07, 6.45) is -4.42. The molecule has 3 rings (SSSR count). The third-order valence-electron chi connectivity index (χ3n) is 4.10. The molecule has 1 amide bonds. The van der Waals surface area contributed by atoms with E-state index in [9.17, 15) is 18.0 Å². The molecule has 0 fully saturated rings. The molecule has 0 saturated heterocycles. The van der Waals surface area contributed by atoms with Gasteiger partial charge >= 0.3 is 6.18 Å². The maximum absolute atomic E-state index is 12.5. The van der Waals surface area contributed by atoms with Crippen LogP contribution < -0.4 is 14.8 Å². The topological polar surface area (TPSA) is 73.6 Å². The number of carbonyl (C=O) groups excluding carboxylic acids is 1. The van der Waals surface area contributed by atoms with Crippen molar-refractivity contribution in [3.05, 3.63) is 65.5 Å². The monoisotopic (exact) mass is 420 g/mol. The first kappa shape index (κ1) is 21.2. The highest BCUT2D eigenvalue weighted by Crippen LogP contribution is 2.24. The molecule has 0 aliphatic carbocycles. The molecule has 0 spiro atoms. The number of nitrogens with one attached hydrogen (secondary N) is 1. The molecule has 1 heterocycles. The van der Waals surface area contributed by atoms with Crippen LogP contribution in [0.1, 0.15) is 21.8 Å². The summed E-state index contributed by atoms with van der Waals surface area (Å²) in [5, 5.41) is 2.68. The summed E-state index contributed by atoms with van der Waals surface area (Å²) in [5.74, 6) is 0.931. The molecule has 0 atom stereocenters. The summed E-state index contributed by atoms with van der Waals surface area (Å²) in [4.78, 5) is 16.7. The van der Waals surface area contributed by atoms with Gasteiger partial charge in [-0.2, -0.15) is 13.2 Å². The second kappa shape index (κ2) is 8.89. The molecule has 0 aliphatic rings. The summed E-state index contributed by atoms with van der Waals surface area (Å²) in [6, 6.07) is 13.1. The Labute approximate surface area is 170 Å². The van der Waals surface area contributed by atoms with Gasteiger partial charge in [-0.3, -0.25) is 4.79 Å². The van der Waals surface area contributed by atoms with E-state index < -0.39 is 18.7 Å². The van der Waals surface area contributed by atoms with Gasteiger partial charge in [0, 0.05) is 12.1 Å². The van der Waals surface area contributed by atoms with E-state index in [0.717, 1.165) is 0 Å². The number of aromatic nitrogens is 1. The van der Waals surface area contributed by atoms with Gasteiger partial charge in [0.25, 0.3) is 5.91 Å². The first-order chi connectivity index (χ1) is 14.2. The van der Waals surface area contributed by atoms with E-state index in [1.807, 2.05) is 0 Å². The summed E-state index contributed by atoms with van der Waals surface area (Å²) in [5.41, 5.74) is 1.40. The first-order valence-electron chi connectivity index (χ1n) is 8.94. The predicted octanol–water partition coefficient (Wildman–Crippen LogP) is 4.53. The zero-order valence-corrected chi connectivity index (χ0v) is 16.2. The molecule has 0 radical (unpaired) electrons. The van der Waals surface area contributed by atoms with Crippen molar-refractivity contribution in [3.8, 4) is 23.0 Å². The predicted molar refractivity (Wildman–Crippen MR) is 102 cm³/mol. The molecular weight excluding hydrogens is 401 g/mol. The lowest BCUT2D eigenvalue weighted by molar-refractivity contribution is -0.153. The lowest BCUT2D eigenvalue weighted by Gasteiger charge is -2.10. The number of methoxy groups -OCH3 is 1. The molecule has 2 aromatic carbocycles. The van der Waals surface area contributed by atoms with Crippen LogP contribution in [-0.4, -0.2) is 30.8 Å². The Morgan fingerprint density at radius 3 is 2.53 bits per heavy atom. The van der Waals surface area contributed by atoms with Gasteiger partial charge in [0.15, 0.2) is 12.3 Å². The van der Waals surface area contributed by atoms with Crippen molar-refractivity contribution in [1.29, 1.82) is 0 Å². The number of rotatable bonds is 7. The second-order valence-electron chi connectivity index (χ2n) is 6.39. The van der Waals surface area contributed by atoms with Crippen molar-refractivity contribution in [1.82, 2.24) is 10.3 Å². The quantitative estimate of drug-likeness (QED) is 0.608. The van der Waals surface area contributed by atoms with Gasteiger partial charge in [-0.05, 0) is 48.9 Å². The number of carbonyl (C=O) groups is 1. The number of ether oxygens (including phenoxy) is 2. The minimum absolute atomic E-state index is 0.0680. The molecule has 1 N–H and O–H groups in total. The van der Waals surface area contributed by atoms with Crippen LogP contribution in [0.15, 0.2) is 52.9 Å². The van der Waals surface area contributed by atoms with Crippen LogP contribution in [0, 0.1) is 6.92 Å². The Morgan fingerprint density at radius 1 is 1.13 bits per heavy atom. The standard InChI is InChI=1S/C21H19F3N2O4/c1-13-18(26-20(30-13)15-6-8-16(28-2)9-7-15)19(27)25-11-14-4-3-5-17(10-14)29-12-21(22,23)24/h3-10H,11-12H2,1-2H3,(H,25,27). The Morgan fingerprint density at radius 2 is 1.87 bits per heavy atom. The number of aryl methyl sites for hydroxylation is 1. The molecule has 0 unspecified atom stereocenters. The van der Waals surface area contributed by atoms with E-state index in [-0.39, 0.29) is 18.0 Å². The molecule has 0 aliphatic heterocycles. The van der Waals surface area contributed by atoms with Gasteiger partial charge in [0.2, 0.25) is 5.89 Å². The number of hydrogen-bond acceptors (Lipinski definition) is 5. The molecular formula is C21H19F3N2O4. The van der Waals surface area contributed by atoms with Gasteiger partial charge in [0.1, 0.15) is 17.3 Å². The average Bonchev–Trinajstić information content (AvgIpc) is 3.12. The van der Waals surface area contributed by atoms with Crippen LogP contribution in [0.5, 0.6) is 11.5 Å². The maximum atomic E-state index is 12.5. The molecule has 9 heteroatoms. The van der Waals surface area contributed by atoms with Gasteiger partial charge in [-0.15, -0.1) is 0 Å². The van der Waals surface area contributed by atoms with Crippen LogP contribution >= 0.6 is 0 Å². The molecule has 6 nitrogen and oxygen atoms in total. The van der Waals surface area contributed by atoms with Crippen molar-refractivity contribution in [2.75, 3.05) is 13.7 Å². The van der Waals surface area contributed by atoms with E-state index in [0.29, 0.717) is 28.5 Å². The van der Waals surface area contributed by atoms with Crippen LogP contribution in [0.3, 0.4) is 0 Å². The molecule has 158 valence electrons. The largest absolute Gasteiger partial charge is 0.497 e. The summed E-state index contributed by atoms with van der Waals surface area (Å²) in [7, 11) is 1.56. The second-order valence-corrected chi connectivity index (χ2v) is 6.39. The summed E-state index contributed by atoms with van der Waals surface area (Å²) in [6.45, 7) is 0.335. The van der Waals surface area contributed by atoms with Crippen molar-refractivity contribution < 1.29 is 31.9 Å². The van der Waals surface area contributed by atoms with E-state index >= 15 is 0 Å². The zero-order chi connectivity index (χ0) is 21.7. The molecule has 3 aromatic rings. The number of hydrogen-bond donors (Lipinski definition) is 1. The number of benzene rings is 2. The first-order valence-corrected chi connectivity index (χ1v) is 8.94. The fourth-order valence-electron chi connectivity index (χ4n) is 2.64. The minimum atomic E-state index is -4.42. The van der Waals surface area contributed by atoms with Gasteiger partial charge in [0.05, 0.1) is 7.11 Å². The smallest absolute Gasteiger partial charge is 0.422 e. The minimum Gasteiger partial charge on any atom is -0.497 e. The Bertz CT molecular complexity index is 1010. The van der Waals surface area contributed by atoms with E-state index in [1.165, 1.54) is 12.1 Å². The van der Waals surface area contributed by atoms with E-state index in [1.54, 1.807) is 50.4 Å². The summed E-state index contributed by atoms with van der Waals surface area (Å²) < 4.78 is 52.3. The van der Waals surface area contributed by atoms with Crippen LogP contribution in [0.4, 0.5) is 13.2 Å². The van der Waals surface area contributed by atoms with Gasteiger partial charge < -0.3 is 19.2 Å². The number of amides is 1. The highest BCUT2D eigenvalue weighted by molar-refractivity contribution is 5.93. The van der Waals surface area contributed by atoms with Gasteiger partial charge in [-0.25, -0.2) is 4.98 Å². The fourth-order valence-corrected chi connectivity index (χ4v) is 2.64. The van der Waals surface area contributed by atoms with E-state index in [4.69, 9.17) is 13.9 Å². The van der Waals surface area contributed by atoms with Crippen molar-refractivity contribution in [3.63, 3.8) is 0 Å². The Balaban J connectivity index is 1.64. The van der Waals surface area contributed by atoms with Crippen LogP contribution in [0.2, 0.25) is 0 Å². The molecule has 1 aromatic heterocycles. The number of oxazole rings is 1. The number of alkyl halides is 3. The SMILES string of the molecule is COc1ccc(-c2nc(C(=O)NCc3cccc(OCC(F)(F)F)c3)c(C)o2)cc1. The van der Waals surface area contributed by atoms with Crippen molar-refractivity contribution in [2.45, 2.75) is 19.6 Å². The Hall–Kier alpha value is -3.49. The van der Waals surface area contributed by atoms with Crippen molar-refractivity contribution in [2.24, 2.45) is 0 Å². The maximum Gasteiger partial charge on any atom is 0.422 e. The Kier molecular flexibility index (Phi) is 6.29. The van der Waals surface area contributed by atoms with Gasteiger partial charge in [-0.1, -0.05) is 12.1 Å². The van der Waals surface area contributed by atoms with E-state index in [2.05, 4.69) is 10.3 Å².